The van der Waals surface area contributed by atoms with Crippen molar-refractivity contribution in [1.29, 1.82) is 0 Å². The van der Waals surface area contributed by atoms with Crippen molar-refractivity contribution in [3.05, 3.63) is 89.0 Å². The largest absolute Gasteiger partial charge is 0.214 e. The van der Waals surface area contributed by atoms with Crippen LogP contribution in [0.15, 0.2) is 60.7 Å². The summed E-state index contributed by atoms with van der Waals surface area (Å²) < 4.78 is 0. The number of aryl methyl sites for hydroxylation is 2. The van der Waals surface area contributed by atoms with E-state index in [2.05, 4.69) is 57.1 Å². The second-order valence-electron chi connectivity index (χ2n) is 5.33. The number of hydrogen-bond acceptors (Lipinski definition) is 0. The third-order valence-corrected chi connectivity index (χ3v) is 3.65. The molecule has 4 rings (SSSR count). The van der Waals surface area contributed by atoms with Gasteiger partial charge in [-0.05, 0) is 18.9 Å². The minimum absolute atomic E-state index is 0. The molecule has 0 bridgehead atoms. The van der Waals surface area contributed by atoms with Crippen molar-refractivity contribution in [2.24, 2.45) is 0 Å². The molecule has 0 N–H and O–H groups in total. The van der Waals surface area contributed by atoms with E-state index in [4.69, 9.17) is 0 Å². The van der Waals surface area contributed by atoms with E-state index in [1.807, 2.05) is 30.3 Å². The van der Waals surface area contributed by atoms with E-state index >= 15 is 0 Å². The molecule has 0 atom stereocenters. The maximum absolute atomic E-state index is 3.45. The van der Waals surface area contributed by atoms with Crippen molar-refractivity contribution >= 4 is 6.88 Å². The number of rotatable bonds is 0. The van der Waals surface area contributed by atoms with Gasteiger partial charge in [0.25, 0.3) is 0 Å². The Morgan fingerprint density at radius 3 is 2.17 bits per heavy atom. The van der Waals surface area contributed by atoms with Gasteiger partial charge in [0.05, 0.1) is 0 Å². The third-order valence-electron chi connectivity index (χ3n) is 3.65. The monoisotopic (exact) mass is 446 g/mol. The second-order valence-corrected chi connectivity index (χ2v) is 5.33. The van der Waals surface area contributed by atoms with Crippen LogP contribution in [0.4, 0.5) is 0 Å². The number of benzene rings is 2. The van der Waals surface area contributed by atoms with Gasteiger partial charge in [-0.2, -0.15) is 42.0 Å². The summed E-state index contributed by atoms with van der Waals surface area (Å²) >= 11 is 1.36. The van der Waals surface area contributed by atoms with Gasteiger partial charge in [0, 0.05) is 0 Å². The summed E-state index contributed by atoms with van der Waals surface area (Å²) in [6, 6.07) is 24.5. The van der Waals surface area contributed by atoms with Gasteiger partial charge in [-0.15, -0.1) is 11.1 Å². The summed E-state index contributed by atoms with van der Waals surface area (Å²) in [6.45, 7) is 7.32. The molecular formula is C20H18Cl2SiZr-2. The van der Waals surface area contributed by atoms with Crippen molar-refractivity contribution in [3.8, 4) is 11.1 Å². The standard InChI is InChI=1S/C15H13.C5H5.2ClH.Si.Zr/c1-10-3-5-14-12(7-10)9-13-8-11(2)4-6-15(13)14;1-2-4-5-3-1;;;;/h3-7H,9H2,1-2H3;1-5H;2*1H;;/q2*-1;;;;+2/p-2. The van der Waals surface area contributed by atoms with Gasteiger partial charge in [-0.3, -0.25) is 0 Å². The first-order valence-corrected chi connectivity index (χ1v) is 11.5. The van der Waals surface area contributed by atoms with Gasteiger partial charge in [-0.25, -0.2) is 12.1 Å². The van der Waals surface area contributed by atoms with Crippen LogP contribution in [0.1, 0.15) is 22.3 Å². The average molecular weight is 449 g/mol. The Morgan fingerprint density at radius 2 is 1.58 bits per heavy atom. The predicted octanol–water partition coefficient (Wildman–Crippen LogP) is -1.29. The van der Waals surface area contributed by atoms with Gasteiger partial charge in [0.1, 0.15) is 0 Å². The molecule has 0 spiro atoms. The first kappa shape index (κ1) is 23.5. The van der Waals surface area contributed by atoms with Crippen molar-refractivity contribution in [1.82, 2.24) is 0 Å². The Bertz CT molecular complexity index is 673. The molecule has 0 heterocycles. The molecule has 0 aliphatic heterocycles. The Morgan fingerprint density at radius 1 is 0.958 bits per heavy atom. The zero-order chi connectivity index (χ0) is 15.9. The van der Waals surface area contributed by atoms with Crippen LogP contribution in [0, 0.1) is 19.9 Å². The minimum atomic E-state index is 0. The van der Waals surface area contributed by atoms with Crippen LogP contribution in [0.2, 0.25) is 0 Å². The van der Waals surface area contributed by atoms with E-state index in [-0.39, 0.29) is 24.8 Å². The molecule has 3 aromatic carbocycles. The van der Waals surface area contributed by atoms with Crippen molar-refractivity contribution in [2.45, 2.75) is 20.3 Å². The molecule has 2 radical (unpaired) electrons. The van der Waals surface area contributed by atoms with Crippen LogP contribution in [-0.4, -0.2) is 6.88 Å². The Labute approximate surface area is 174 Å². The molecule has 0 unspecified atom stereocenters. The first-order chi connectivity index (χ1) is 10.7. The van der Waals surface area contributed by atoms with Gasteiger partial charge < -0.3 is 24.8 Å². The van der Waals surface area contributed by atoms with Crippen LogP contribution >= 0.6 is 0 Å². The molecule has 1 aliphatic rings. The molecular weight excluding hydrogens is 430 g/mol. The van der Waals surface area contributed by atoms with Gasteiger partial charge >= 0.3 is 30.2 Å². The van der Waals surface area contributed by atoms with Crippen molar-refractivity contribution in [2.75, 3.05) is 0 Å². The second kappa shape index (κ2) is 11.9. The Kier molecular flexibility index (Phi) is 11.7. The number of hydrogen-bond donors (Lipinski definition) is 0. The normalized spacial score (nSPS) is 9.67. The third kappa shape index (κ3) is 6.08. The van der Waals surface area contributed by atoms with Crippen LogP contribution < -0.4 is 24.8 Å². The summed E-state index contributed by atoms with van der Waals surface area (Å²) in [5, 5.41) is 0. The topological polar surface area (TPSA) is 0 Å². The molecule has 122 valence electrons. The fourth-order valence-corrected chi connectivity index (χ4v) is 2.69. The molecule has 0 fully saturated rings. The molecule has 0 nitrogen and oxygen atoms in total. The number of halogens is 2. The van der Waals surface area contributed by atoms with Crippen LogP contribution in [-0.2, 0) is 29.8 Å². The van der Waals surface area contributed by atoms with E-state index in [9.17, 15) is 0 Å². The molecule has 0 saturated heterocycles. The van der Waals surface area contributed by atoms with Crippen LogP contribution in [0.3, 0.4) is 0 Å². The van der Waals surface area contributed by atoms with E-state index in [1.54, 1.807) is 0 Å². The van der Waals surface area contributed by atoms with Gasteiger partial charge in [0.15, 0.2) is 0 Å². The molecule has 0 aromatic heterocycles. The molecule has 24 heavy (non-hydrogen) atoms. The fourth-order valence-electron chi connectivity index (χ4n) is 2.69. The van der Waals surface area contributed by atoms with Gasteiger partial charge in [0.2, 0.25) is 0 Å². The Hall–Kier alpha value is -0.530. The quantitative estimate of drug-likeness (QED) is 0.232. The van der Waals surface area contributed by atoms with E-state index in [0.29, 0.717) is 0 Å². The molecule has 3 aromatic rings. The smallest absolute Gasteiger partial charge is 0.172 e. The van der Waals surface area contributed by atoms with Crippen LogP contribution in [0.5, 0.6) is 0 Å². The van der Waals surface area contributed by atoms with Crippen molar-refractivity contribution < 1.29 is 48.1 Å². The van der Waals surface area contributed by atoms with E-state index in [1.165, 1.54) is 56.7 Å². The summed E-state index contributed by atoms with van der Waals surface area (Å²) in [5.74, 6) is 0. The van der Waals surface area contributed by atoms with Crippen molar-refractivity contribution in [3.63, 3.8) is 0 Å². The fraction of sp³-hybridized carbons (Fsp3) is 0.150. The molecule has 1 aliphatic carbocycles. The zero-order valence-corrected chi connectivity index (χ0v) is 18.7. The maximum atomic E-state index is 3.45. The maximum Gasteiger partial charge on any atom is -0.172 e. The predicted molar refractivity (Wildman–Crippen MR) is 90.8 cm³/mol. The number of fused-ring (bicyclic) bond motifs is 3. The molecule has 0 saturated carbocycles. The Balaban J connectivity index is 0.000000505. The first-order valence-electron chi connectivity index (χ1n) is 7.27. The summed E-state index contributed by atoms with van der Waals surface area (Å²) in [7, 11) is 0. The van der Waals surface area contributed by atoms with Gasteiger partial charge in [-0.1, -0.05) is 36.2 Å². The molecule has 0 amide bonds. The summed E-state index contributed by atoms with van der Waals surface area (Å²) in [5.41, 5.74) is 8.15. The average Bonchev–Trinajstić information content (AvgIpc) is 3.19. The molecule has 4 heteroatoms. The summed E-state index contributed by atoms with van der Waals surface area (Å²) in [4.78, 5) is 0. The SMILES string of the molecule is Cc1[c-]c2c(cc1)-c1ccc(C)cc1C2.[Cl-].[Cl-].[Si]=[Zr+2].c1cc[cH-]c1. The van der Waals surface area contributed by atoms with Crippen LogP contribution in [0.25, 0.3) is 11.1 Å². The summed E-state index contributed by atoms with van der Waals surface area (Å²) in [6.07, 6.45) is 1.05. The van der Waals surface area contributed by atoms with E-state index in [0.717, 1.165) is 6.42 Å². The van der Waals surface area contributed by atoms with E-state index < -0.39 is 0 Å². The zero-order valence-electron chi connectivity index (χ0n) is 13.7. The minimum Gasteiger partial charge on any atom is -0.214 e.